The van der Waals surface area contributed by atoms with Crippen molar-refractivity contribution in [3.05, 3.63) is 109 Å². The van der Waals surface area contributed by atoms with Crippen LogP contribution in [0.4, 0.5) is 0 Å². The number of hydrogen-bond acceptors (Lipinski definition) is 10. The summed E-state index contributed by atoms with van der Waals surface area (Å²) in [6, 6.07) is 22.1. The molecule has 1 saturated carbocycles. The molecule has 1 aliphatic rings. The van der Waals surface area contributed by atoms with Crippen LogP contribution in [-0.4, -0.2) is 56.4 Å². The third kappa shape index (κ3) is 14.9. The maximum Gasteiger partial charge on any atom is 0.336 e. The molecule has 0 amide bonds. The minimum atomic E-state index is -0.605. The number of unbranched alkanes of at least 4 members (excludes halogenated alkanes) is 1. The number of carbonyl (C=O) groups is 4. The molecule has 10 nitrogen and oxygen atoms in total. The lowest BCUT2D eigenvalue weighted by Crippen LogP contribution is -2.22. The Labute approximate surface area is 311 Å². The summed E-state index contributed by atoms with van der Waals surface area (Å²) in [6.45, 7) is 10.2. The van der Waals surface area contributed by atoms with Crippen LogP contribution in [0.1, 0.15) is 70.3 Å². The number of benzene rings is 3. The molecule has 0 unspecified atom stereocenters. The van der Waals surface area contributed by atoms with Crippen molar-refractivity contribution in [1.82, 2.24) is 0 Å². The highest BCUT2D eigenvalue weighted by atomic mass is 16.6. The first kappa shape index (κ1) is 40.1. The van der Waals surface area contributed by atoms with Crippen LogP contribution in [0.5, 0.6) is 17.2 Å². The Morgan fingerprint density at radius 1 is 0.660 bits per heavy atom. The van der Waals surface area contributed by atoms with Crippen molar-refractivity contribution in [2.45, 2.75) is 70.8 Å². The van der Waals surface area contributed by atoms with E-state index in [1.54, 1.807) is 25.1 Å². The van der Waals surface area contributed by atoms with Gasteiger partial charge in [0.15, 0.2) is 0 Å². The van der Waals surface area contributed by atoms with E-state index in [1.165, 1.54) is 6.08 Å². The van der Waals surface area contributed by atoms with Gasteiger partial charge in [0.25, 0.3) is 0 Å². The van der Waals surface area contributed by atoms with E-state index in [0.717, 1.165) is 55.2 Å². The summed E-state index contributed by atoms with van der Waals surface area (Å²) in [5.41, 5.74) is 3.19. The standard InChI is InChI=1S/C43H48O10/c1-31(2)42(46)50-27-8-7-26-48-36-19-12-33(13-20-36)14-25-40(44)52-39-23-17-35(18-24-39)34-15-21-37(22-16-34)49-28-9-29-51-43(47)32(3)30-41(45)53-38-10-5-4-6-11-38/h12-25,38H,1,3-11,26-30H2,2H3/b25-14+. The zero-order valence-corrected chi connectivity index (χ0v) is 30.3. The Hall–Kier alpha value is -5.64. The van der Waals surface area contributed by atoms with E-state index in [1.807, 2.05) is 60.7 Å². The third-order valence-corrected chi connectivity index (χ3v) is 8.23. The van der Waals surface area contributed by atoms with Crippen molar-refractivity contribution in [2.75, 3.05) is 26.4 Å². The van der Waals surface area contributed by atoms with Gasteiger partial charge in [-0.1, -0.05) is 56.0 Å². The second kappa shape index (κ2) is 21.7. The normalized spacial score (nSPS) is 12.8. The largest absolute Gasteiger partial charge is 0.494 e. The zero-order chi connectivity index (χ0) is 37.8. The lowest BCUT2D eigenvalue weighted by atomic mass is 9.98. The van der Waals surface area contributed by atoms with Crippen molar-refractivity contribution in [2.24, 2.45) is 0 Å². The molecule has 1 fully saturated rings. The average molecular weight is 725 g/mol. The molecule has 0 N–H and O–H groups in total. The Morgan fingerprint density at radius 2 is 1.19 bits per heavy atom. The molecule has 0 spiro atoms. The van der Waals surface area contributed by atoms with Gasteiger partial charge >= 0.3 is 23.9 Å². The van der Waals surface area contributed by atoms with Gasteiger partial charge in [-0.25, -0.2) is 14.4 Å². The first-order valence-corrected chi connectivity index (χ1v) is 18.0. The highest BCUT2D eigenvalue weighted by molar-refractivity contribution is 5.93. The zero-order valence-electron chi connectivity index (χ0n) is 30.3. The maximum absolute atomic E-state index is 12.4. The number of esters is 4. The maximum atomic E-state index is 12.4. The van der Waals surface area contributed by atoms with Gasteiger partial charge in [-0.15, -0.1) is 0 Å². The molecule has 0 radical (unpaired) electrons. The Kier molecular flexibility index (Phi) is 16.4. The van der Waals surface area contributed by atoms with Gasteiger partial charge in [-0.3, -0.25) is 4.79 Å². The number of hydrogen-bond donors (Lipinski definition) is 0. The molecule has 0 saturated heterocycles. The van der Waals surface area contributed by atoms with Crippen LogP contribution in [0.3, 0.4) is 0 Å². The quantitative estimate of drug-likeness (QED) is 0.0369. The Bertz CT molecular complexity index is 1700. The molecule has 10 heteroatoms. The predicted molar refractivity (Wildman–Crippen MR) is 201 cm³/mol. The molecule has 3 aromatic carbocycles. The molecule has 0 aromatic heterocycles. The molecular weight excluding hydrogens is 676 g/mol. The Balaban J connectivity index is 1.09. The van der Waals surface area contributed by atoms with Crippen molar-refractivity contribution < 1.29 is 47.6 Å². The van der Waals surface area contributed by atoms with E-state index in [9.17, 15) is 19.2 Å². The highest BCUT2D eigenvalue weighted by Crippen LogP contribution is 2.25. The van der Waals surface area contributed by atoms with Gasteiger partial charge in [0.1, 0.15) is 23.4 Å². The van der Waals surface area contributed by atoms with Crippen molar-refractivity contribution in [3.8, 4) is 28.4 Å². The van der Waals surface area contributed by atoms with Crippen molar-refractivity contribution >= 4 is 30.0 Å². The number of ether oxygens (including phenoxy) is 6. The van der Waals surface area contributed by atoms with Crippen molar-refractivity contribution in [1.29, 1.82) is 0 Å². The predicted octanol–water partition coefficient (Wildman–Crippen LogP) is 8.39. The van der Waals surface area contributed by atoms with Gasteiger partial charge in [0.05, 0.1) is 32.8 Å². The summed E-state index contributed by atoms with van der Waals surface area (Å²) < 4.78 is 32.7. The van der Waals surface area contributed by atoms with E-state index in [0.29, 0.717) is 55.5 Å². The van der Waals surface area contributed by atoms with Gasteiger partial charge < -0.3 is 28.4 Å². The van der Waals surface area contributed by atoms with E-state index in [-0.39, 0.29) is 30.7 Å². The average Bonchev–Trinajstić information content (AvgIpc) is 3.16. The molecule has 53 heavy (non-hydrogen) atoms. The van der Waals surface area contributed by atoms with Gasteiger partial charge in [0, 0.05) is 23.6 Å². The molecule has 0 atom stereocenters. The molecule has 4 rings (SSSR count). The molecule has 0 bridgehead atoms. The fourth-order valence-electron chi connectivity index (χ4n) is 5.30. The summed E-state index contributed by atoms with van der Waals surface area (Å²) in [5, 5.41) is 0. The van der Waals surface area contributed by atoms with Gasteiger partial charge in [-0.05, 0) is 105 Å². The van der Waals surface area contributed by atoms with E-state index < -0.39 is 17.9 Å². The fraction of sp³-hybridized carbons (Fsp3) is 0.349. The SMILES string of the molecule is C=C(C)C(=O)OCCCCOc1ccc(/C=C/C(=O)Oc2ccc(-c3ccc(OCCCOC(=O)C(=C)CC(=O)OC4CCCCC4)cc3)cc2)cc1. The first-order chi connectivity index (χ1) is 25.7. The second-order valence-electron chi connectivity index (χ2n) is 12.7. The van der Waals surface area contributed by atoms with Crippen LogP contribution < -0.4 is 14.2 Å². The molecular formula is C43H48O10. The smallest absolute Gasteiger partial charge is 0.336 e. The minimum absolute atomic E-state index is 0.0613. The summed E-state index contributed by atoms with van der Waals surface area (Å²) in [6.07, 6.45) is 9.74. The van der Waals surface area contributed by atoms with E-state index >= 15 is 0 Å². The molecule has 0 aliphatic heterocycles. The summed E-state index contributed by atoms with van der Waals surface area (Å²) >= 11 is 0. The lowest BCUT2D eigenvalue weighted by molar-refractivity contribution is -0.151. The minimum Gasteiger partial charge on any atom is -0.494 e. The van der Waals surface area contributed by atoms with Gasteiger partial charge in [0.2, 0.25) is 0 Å². The van der Waals surface area contributed by atoms with Gasteiger partial charge in [-0.2, -0.15) is 0 Å². The fourth-order valence-corrected chi connectivity index (χ4v) is 5.30. The third-order valence-electron chi connectivity index (χ3n) is 8.23. The van der Waals surface area contributed by atoms with Crippen molar-refractivity contribution in [3.63, 3.8) is 0 Å². The molecule has 3 aromatic rings. The van der Waals surface area contributed by atoms with Crippen LogP contribution in [0.2, 0.25) is 0 Å². The van der Waals surface area contributed by atoms with Crippen LogP contribution in [-0.2, 0) is 33.4 Å². The molecule has 280 valence electrons. The van der Waals surface area contributed by atoms with Crippen LogP contribution >= 0.6 is 0 Å². The lowest BCUT2D eigenvalue weighted by Gasteiger charge is -2.21. The van der Waals surface area contributed by atoms with E-state index in [2.05, 4.69) is 13.2 Å². The topological polar surface area (TPSA) is 124 Å². The Morgan fingerprint density at radius 3 is 1.81 bits per heavy atom. The molecule has 1 aliphatic carbocycles. The molecule has 0 heterocycles. The highest BCUT2D eigenvalue weighted by Gasteiger charge is 2.20. The van der Waals surface area contributed by atoms with Crippen LogP contribution in [0.25, 0.3) is 17.2 Å². The summed E-state index contributed by atoms with van der Waals surface area (Å²) in [7, 11) is 0. The van der Waals surface area contributed by atoms with Crippen LogP contribution in [0, 0.1) is 0 Å². The summed E-state index contributed by atoms with van der Waals surface area (Å²) in [4.78, 5) is 48.1. The first-order valence-electron chi connectivity index (χ1n) is 18.0. The van der Waals surface area contributed by atoms with E-state index in [4.69, 9.17) is 28.4 Å². The number of carbonyl (C=O) groups excluding carboxylic acids is 4. The second-order valence-corrected chi connectivity index (χ2v) is 12.7. The summed E-state index contributed by atoms with van der Waals surface area (Å²) in [5.74, 6) is -0.128. The monoisotopic (exact) mass is 724 g/mol. The number of rotatable bonds is 20. The van der Waals surface area contributed by atoms with Crippen LogP contribution in [0.15, 0.2) is 103 Å².